The molecule has 0 bridgehead atoms. The predicted molar refractivity (Wildman–Crippen MR) is 81.0 cm³/mol. The van der Waals surface area contributed by atoms with Gasteiger partial charge in [0, 0.05) is 25.2 Å². The molecule has 1 aliphatic rings. The number of nitrogens with zero attached hydrogens (tertiary/aromatic N) is 1. The van der Waals surface area contributed by atoms with Crippen LogP contribution >= 0.6 is 0 Å². The van der Waals surface area contributed by atoms with E-state index in [9.17, 15) is 13.6 Å². The molecule has 1 aliphatic heterocycles. The van der Waals surface area contributed by atoms with Crippen LogP contribution in [-0.2, 0) is 11.3 Å². The number of ether oxygens (including phenoxy) is 1. The molecule has 1 fully saturated rings. The van der Waals surface area contributed by atoms with Crippen molar-refractivity contribution < 1.29 is 23.4 Å². The van der Waals surface area contributed by atoms with Crippen LogP contribution in [0.15, 0.2) is 12.1 Å². The number of likely N-dealkylation sites (tertiary alicyclic amines) is 1. The third-order valence-electron chi connectivity index (χ3n) is 4.08. The Kier molecular flexibility index (Phi) is 6.29. The van der Waals surface area contributed by atoms with Gasteiger partial charge in [-0.15, -0.1) is 0 Å². The van der Waals surface area contributed by atoms with Gasteiger partial charge in [0.2, 0.25) is 11.7 Å². The number of benzene rings is 1. The van der Waals surface area contributed by atoms with Crippen LogP contribution < -0.4 is 10.1 Å². The van der Waals surface area contributed by atoms with Crippen LogP contribution in [0.25, 0.3) is 0 Å². The van der Waals surface area contributed by atoms with Crippen molar-refractivity contribution >= 4 is 5.91 Å². The molecule has 1 aromatic carbocycles. The van der Waals surface area contributed by atoms with Gasteiger partial charge >= 0.3 is 0 Å². The summed E-state index contributed by atoms with van der Waals surface area (Å²) in [5.74, 6) is -2.10. The first kappa shape index (κ1) is 17.6. The Bertz CT molecular complexity index is 554. The molecule has 2 N–H and O–H groups in total. The lowest BCUT2D eigenvalue weighted by Crippen LogP contribution is -2.41. The first-order valence-corrected chi connectivity index (χ1v) is 7.66. The number of hydrogen-bond acceptors (Lipinski definition) is 4. The fraction of sp³-hybridized carbons (Fsp3) is 0.562. The molecule has 1 aromatic rings. The Morgan fingerprint density at radius 3 is 2.91 bits per heavy atom. The summed E-state index contributed by atoms with van der Waals surface area (Å²) >= 11 is 0. The lowest BCUT2D eigenvalue weighted by atomic mass is 9.97. The summed E-state index contributed by atoms with van der Waals surface area (Å²) < 4.78 is 32.6. The average Bonchev–Trinajstić information content (AvgIpc) is 2.57. The summed E-state index contributed by atoms with van der Waals surface area (Å²) in [4.78, 5) is 13.1. The number of carbonyl (C=O) groups is 1. The molecule has 0 aliphatic carbocycles. The second-order valence-corrected chi connectivity index (χ2v) is 5.76. The number of carbonyl (C=O) groups excluding carboxylic acids is 1. The number of halogens is 2. The smallest absolute Gasteiger partial charge is 0.245 e. The van der Waals surface area contributed by atoms with Crippen molar-refractivity contribution in [3.8, 4) is 5.75 Å². The molecule has 1 amide bonds. The van der Waals surface area contributed by atoms with Crippen LogP contribution in [0, 0.1) is 17.6 Å². The van der Waals surface area contributed by atoms with Gasteiger partial charge in [0.15, 0.2) is 11.6 Å². The van der Waals surface area contributed by atoms with Crippen LogP contribution in [0.1, 0.15) is 18.4 Å². The monoisotopic (exact) mass is 328 g/mol. The van der Waals surface area contributed by atoms with Crippen molar-refractivity contribution in [2.45, 2.75) is 19.4 Å². The lowest BCUT2D eigenvalue weighted by Gasteiger charge is -2.33. The van der Waals surface area contributed by atoms with Crippen molar-refractivity contribution in [2.75, 3.05) is 33.4 Å². The largest absolute Gasteiger partial charge is 0.494 e. The topological polar surface area (TPSA) is 61.8 Å². The van der Waals surface area contributed by atoms with Crippen molar-refractivity contribution in [3.63, 3.8) is 0 Å². The average molecular weight is 328 g/mol. The summed E-state index contributed by atoms with van der Waals surface area (Å²) in [7, 11) is 1.30. The molecular weight excluding hydrogens is 306 g/mol. The van der Waals surface area contributed by atoms with E-state index in [4.69, 9.17) is 9.84 Å². The number of amides is 1. The fourth-order valence-electron chi connectivity index (χ4n) is 2.87. The molecule has 23 heavy (non-hydrogen) atoms. The number of methoxy groups -OCH3 is 1. The minimum Gasteiger partial charge on any atom is -0.494 e. The van der Waals surface area contributed by atoms with E-state index in [1.54, 1.807) is 0 Å². The highest BCUT2D eigenvalue weighted by atomic mass is 19.2. The predicted octanol–water partition coefficient (Wildman–Crippen LogP) is 1.29. The van der Waals surface area contributed by atoms with E-state index in [0.717, 1.165) is 19.4 Å². The number of hydrogen-bond donors (Lipinski definition) is 2. The second kappa shape index (κ2) is 8.21. The third-order valence-corrected chi connectivity index (χ3v) is 4.08. The molecule has 0 saturated carbocycles. The quantitative estimate of drug-likeness (QED) is 0.826. The number of nitrogens with one attached hydrogen (secondary N) is 1. The zero-order valence-corrected chi connectivity index (χ0v) is 13.1. The molecular formula is C16H22F2N2O3. The zero-order chi connectivity index (χ0) is 16.8. The molecule has 0 spiro atoms. The Morgan fingerprint density at radius 2 is 2.22 bits per heavy atom. The fourth-order valence-corrected chi connectivity index (χ4v) is 2.87. The SMILES string of the molecule is COc1ccc(CN2CCC[C@H](CNC(=O)CO)C2)c(F)c1F. The molecule has 2 rings (SSSR count). The Hall–Kier alpha value is -1.73. The molecule has 0 unspecified atom stereocenters. The standard InChI is InChI=1S/C16H22F2N2O3/c1-23-13-5-4-12(15(17)16(13)18)9-20-6-2-3-11(8-20)7-19-14(22)10-21/h4-5,11,21H,2-3,6-10H2,1H3,(H,19,22)/t11-/m1/s1. The van der Waals surface area contributed by atoms with Gasteiger partial charge in [-0.1, -0.05) is 6.07 Å². The Balaban J connectivity index is 1.95. The molecule has 1 heterocycles. The van der Waals surface area contributed by atoms with Crippen molar-refractivity contribution in [2.24, 2.45) is 5.92 Å². The van der Waals surface area contributed by atoms with E-state index in [1.807, 2.05) is 4.90 Å². The van der Waals surface area contributed by atoms with E-state index >= 15 is 0 Å². The molecule has 5 nitrogen and oxygen atoms in total. The van der Waals surface area contributed by atoms with E-state index < -0.39 is 24.1 Å². The summed E-state index contributed by atoms with van der Waals surface area (Å²) in [6.45, 7) is 1.77. The first-order valence-electron chi connectivity index (χ1n) is 7.66. The van der Waals surface area contributed by atoms with Crippen LogP contribution in [0.2, 0.25) is 0 Å². The highest BCUT2D eigenvalue weighted by Gasteiger charge is 2.22. The highest BCUT2D eigenvalue weighted by Crippen LogP contribution is 2.25. The van der Waals surface area contributed by atoms with Crippen LogP contribution in [0.3, 0.4) is 0 Å². The van der Waals surface area contributed by atoms with Crippen molar-refractivity contribution in [1.29, 1.82) is 0 Å². The van der Waals surface area contributed by atoms with Gasteiger partial charge in [-0.2, -0.15) is 4.39 Å². The lowest BCUT2D eigenvalue weighted by molar-refractivity contribution is -0.124. The maximum Gasteiger partial charge on any atom is 0.245 e. The maximum atomic E-state index is 14.0. The summed E-state index contributed by atoms with van der Waals surface area (Å²) in [6.07, 6.45) is 1.89. The first-order chi connectivity index (χ1) is 11.0. The molecule has 7 heteroatoms. The summed E-state index contributed by atoms with van der Waals surface area (Å²) in [5, 5.41) is 11.4. The number of aliphatic hydroxyl groups excluding tert-OH is 1. The van der Waals surface area contributed by atoms with E-state index in [-0.39, 0.29) is 11.7 Å². The number of aliphatic hydroxyl groups is 1. The maximum absolute atomic E-state index is 14.0. The van der Waals surface area contributed by atoms with Gasteiger partial charge in [-0.3, -0.25) is 9.69 Å². The Morgan fingerprint density at radius 1 is 1.43 bits per heavy atom. The van der Waals surface area contributed by atoms with Gasteiger partial charge in [0.05, 0.1) is 7.11 Å². The summed E-state index contributed by atoms with van der Waals surface area (Å²) in [6, 6.07) is 2.96. The Labute approximate surface area is 134 Å². The van der Waals surface area contributed by atoms with E-state index in [0.29, 0.717) is 25.2 Å². The molecule has 1 atom stereocenters. The van der Waals surface area contributed by atoms with Gasteiger partial charge in [-0.25, -0.2) is 4.39 Å². The van der Waals surface area contributed by atoms with Crippen molar-refractivity contribution in [3.05, 3.63) is 29.3 Å². The van der Waals surface area contributed by atoms with Gasteiger partial charge in [0.25, 0.3) is 0 Å². The molecule has 0 radical (unpaired) electrons. The number of rotatable bonds is 6. The minimum absolute atomic E-state index is 0.102. The third kappa shape index (κ3) is 4.62. The van der Waals surface area contributed by atoms with E-state index in [2.05, 4.69) is 5.32 Å². The van der Waals surface area contributed by atoms with Crippen molar-refractivity contribution in [1.82, 2.24) is 10.2 Å². The van der Waals surface area contributed by atoms with Crippen LogP contribution in [0.4, 0.5) is 8.78 Å². The molecule has 128 valence electrons. The highest BCUT2D eigenvalue weighted by molar-refractivity contribution is 5.76. The van der Waals surface area contributed by atoms with Gasteiger partial charge < -0.3 is 15.2 Å². The normalized spacial score (nSPS) is 18.7. The zero-order valence-electron chi connectivity index (χ0n) is 13.1. The van der Waals surface area contributed by atoms with Gasteiger partial charge in [0.1, 0.15) is 6.61 Å². The van der Waals surface area contributed by atoms with E-state index in [1.165, 1.54) is 19.2 Å². The minimum atomic E-state index is -0.964. The van der Waals surface area contributed by atoms with Crippen LogP contribution in [0.5, 0.6) is 5.75 Å². The summed E-state index contributed by atoms with van der Waals surface area (Å²) in [5.41, 5.74) is 0.295. The second-order valence-electron chi connectivity index (χ2n) is 5.76. The van der Waals surface area contributed by atoms with Crippen LogP contribution in [-0.4, -0.2) is 49.3 Å². The number of piperidine rings is 1. The molecule has 0 aromatic heterocycles. The molecule has 1 saturated heterocycles. The van der Waals surface area contributed by atoms with Gasteiger partial charge in [-0.05, 0) is 31.4 Å².